The Labute approximate surface area is 123 Å². The van der Waals surface area contributed by atoms with Crippen molar-refractivity contribution in [2.24, 2.45) is 0 Å². The monoisotopic (exact) mass is 287 g/mol. The second-order valence-corrected chi connectivity index (χ2v) is 5.78. The first-order chi connectivity index (χ1) is 10.0. The van der Waals surface area contributed by atoms with Crippen LogP contribution in [-0.2, 0) is 0 Å². The highest BCUT2D eigenvalue weighted by Gasteiger charge is 2.20. The van der Waals surface area contributed by atoms with Gasteiger partial charge in [-0.05, 0) is 32.0 Å². The van der Waals surface area contributed by atoms with Crippen molar-refractivity contribution in [1.82, 2.24) is 14.9 Å². The van der Waals surface area contributed by atoms with Gasteiger partial charge in [0.2, 0.25) is 5.95 Å². The van der Waals surface area contributed by atoms with E-state index in [1.165, 1.54) is 0 Å². The van der Waals surface area contributed by atoms with Crippen molar-refractivity contribution in [2.75, 3.05) is 36.8 Å². The summed E-state index contributed by atoms with van der Waals surface area (Å²) in [6, 6.07) is 5.80. The molecular formula is C15H21N5O. The number of nitrogen functional groups attached to an aromatic ring is 1. The van der Waals surface area contributed by atoms with Crippen molar-refractivity contribution in [2.45, 2.75) is 19.9 Å². The van der Waals surface area contributed by atoms with E-state index in [9.17, 15) is 4.79 Å². The molecule has 6 nitrogen and oxygen atoms in total. The van der Waals surface area contributed by atoms with E-state index in [0.717, 1.165) is 26.2 Å². The van der Waals surface area contributed by atoms with Crippen LogP contribution < -0.4 is 16.2 Å². The summed E-state index contributed by atoms with van der Waals surface area (Å²) < 4.78 is 0. The van der Waals surface area contributed by atoms with E-state index in [-0.39, 0.29) is 5.56 Å². The van der Waals surface area contributed by atoms with Crippen LogP contribution in [0.25, 0.3) is 10.9 Å². The lowest BCUT2D eigenvalue weighted by Crippen LogP contribution is -2.49. The molecule has 0 atom stereocenters. The molecule has 0 saturated carbocycles. The third kappa shape index (κ3) is 2.71. The summed E-state index contributed by atoms with van der Waals surface area (Å²) in [5, 5.41) is 0.541. The first-order valence-electron chi connectivity index (χ1n) is 7.33. The number of fused-ring (bicyclic) bond motifs is 1. The average molecular weight is 287 g/mol. The molecule has 0 aliphatic carbocycles. The number of nitrogens with zero attached hydrogens (tertiary/aromatic N) is 3. The fourth-order valence-electron chi connectivity index (χ4n) is 2.74. The summed E-state index contributed by atoms with van der Waals surface area (Å²) in [5.74, 6) is 0.653. The molecule has 1 aromatic carbocycles. The zero-order valence-electron chi connectivity index (χ0n) is 12.5. The Kier molecular flexibility index (Phi) is 3.55. The minimum atomic E-state index is -0.131. The van der Waals surface area contributed by atoms with Crippen LogP contribution in [0.4, 0.5) is 11.6 Å². The van der Waals surface area contributed by atoms with Crippen LogP contribution in [0.15, 0.2) is 23.0 Å². The molecule has 1 aromatic heterocycles. The Balaban J connectivity index is 1.89. The van der Waals surface area contributed by atoms with E-state index < -0.39 is 0 Å². The molecule has 0 radical (unpaired) electrons. The molecule has 1 aliphatic heterocycles. The lowest BCUT2D eigenvalue weighted by Gasteiger charge is -2.37. The lowest BCUT2D eigenvalue weighted by molar-refractivity contribution is 0.208. The lowest BCUT2D eigenvalue weighted by atomic mass is 10.2. The van der Waals surface area contributed by atoms with Gasteiger partial charge in [-0.25, -0.2) is 4.98 Å². The number of rotatable bonds is 2. The number of nitrogens with two attached hydrogens (primary N) is 1. The van der Waals surface area contributed by atoms with E-state index in [0.29, 0.717) is 28.6 Å². The largest absolute Gasteiger partial charge is 0.399 e. The maximum Gasteiger partial charge on any atom is 0.260 e. The summed E-state index contributed by atoms with van der Waals surface area (Å²) >= 11 is 0. The SMILES string of the molecule is CC(C)N1CCN(c2nc3ccc(N)cc3c(=O)[nH]2)CC1. The van der Waals surface area contributed by atoms with Crippen molar-refractivity contribution in [3.8, 4) is 0 Å². The van der Waals surface area contributed by atoms with Crippen LogP contribution in [0, 0.1) is 0 Å². The summed E-state index contributed by atoms with van der Waals surface area (Å²) in [4.78, 5) is 24.2. The highest BCUT2D eigenvalue weighted by Crippen LogP contribution is 2.16. The van der Waals surface area contributed by atoms with Gasteiger partial charge >= 0.3 is 0 Å². The Morgan fingerprint density at radius 3 is 2.62 bits per heavy atom. The number of H-pyrrole nitrogens is 1. The fourth-order valence-corrected chi connectivity index (χ4v) is 2.74. The smallest absolute Gasteiger partial charge is 0.260 e. The number of hydrogen-bond acceptors (Lipinski definition) is 5. The molecule has 112 valence electrons. The van der Waals surface area contributed by atoms with Gasteiger partial charge in [-0.1, -0.05) is 0 Å². The molecule has 1 saturated heterocycles. The minimum absolute atomic E-state index is 0.131. The standard InChI is InChI=1S/C15H21N5O/c1-10(2)19-5-7-20(8-6-19)15-17-13-4-3-11(16)9-12(13)14(21)18-15/h3-4,9-10H,5-8,16H2,1-2H3,(H,17,18,21). The first-order valence-corrected chi connectivity index (χ1v) is 7.33. The van der Waals surface area contributed by atoms with Crippen molar-refractivity contribution >= 4 is 22.5 Å². The van der Waals surface area contributed by atoms with Crippen LogP contribution >= 0.6 is 0 Å². The van der Waals surface area contributed by atoms with Crippen LogP contribution in [0.2, 0.25) is 0 Å². The molecule has 0 spiro atoms. The number of nitrogens with one attached hydrogen (secondary N) is 1. The molecule has 0 unspecified atom stereocenters. The van der Waals surface area contributed by atoms with E-state index in [1.807, 2.05) is 0 Å². The van der Waals surface area contributed by atoms with Crippen LogP contribution in [-0.4, -0.2) is 47.1 Å². The van der Waals surface area contributed by atoms with Crippen molar-refractivity contribution in [3.63, 3.8) is 0 Å². The molecule has 0 amide bonds. The molecule has 1 fully saturated rings. The highest BCUT2D eigenvalue weighted by atomic mass is 16.1. The quantitative estimate of drug-likeness (QED) is 0.807. The summed E-state index contributed by atoms with van der Waals surface area (Å²) in [7, 11) is 0. The zero-order valence-corrected chi connectivity index (χ0v) is 12.5. The third-order valence-corrected chi connectivity index (χ3v) is 4.06. The van der Waals surface area contributed by atoms with Crippen molar-refractivity contribution in [3.05, 3.63) is 28.6 Å². The van der Waals surface area contributed by atoms with Crippen LogP contribution in [0.1, 0.15) is 13.8 Å². The van der Waals surface area contributed by atoms with Gasteiger partial charge in [-0.3, -0.25) is 14.7 Å². The predicted octanol–water partition coefficient (Wildman–Crippen LogP) is 1.04. The number of aromatic nitrogens is 2. The minimum Gasteiger partial charge on any atom is -0.399 e. The van der Waals surface area contributed by atoms with Gasteiger partial charge in [0.15, 0.2) is 0 Å². The Bertz CT molecular complexity index is 701. The van der Waals surface area contributed by atoms with Gasteiger partial charge in [0.1, 0.15) is 0 Å². The number of hydrogen-bond donors (Lipinski definition) is 2. The molecule has 6 heteroatoms. The van der Waals surface area contributed by atoms with Gasteiger partial charge in [-0.15, -0.1) is 0 Å². The summed E-state index contributed by atoms with van der Waals surface area (Å²) in [5.41, 5.74) is 6.86. The van der Waals surface area contributed by atoms with E-state index in [2.05, 4.69) is 33.6 Å². The van der Waals surface area contributed by atoms with Crippen molar-refractivity contribution in [1.29, 1.82) is 0 Å². The predicted molar refractivity (Wildman–Crippen MR) is 85.7 cm³/mol. The maximum absolute atomic E-state index is 12.2. The second kappa shape index (κ2) is 5.37. The number of benzene rings is 1. The third-order valence-electron chi connectivity index (χ3n) is 4.06. The Morgan fingerprint density at radius 2 is 1.95 bits per heavy atom. The van der Waals surface area contributed by atoms with Gasteiger partial charge < -0.3 is 10.6 Å². The number of piperazine rings is 1. The van der Waals surface area contributed by atoms with Gasteiger partial charge in [0.25, 0.3) is 5.56 Å². The van der Waals surface area contributed by atoms with Crippen molar-refractivity contribution < 1.29 is 0 Å². The first kappa shape index (κ1) is 13.9. The van der Waals surface area contributed by atoms with E-state index >= 15 is 0 Å². The molecule has 3 rings (SSSR count). The number of aromatic amines is 1. The summed E-state index contributed by atoms with van der Waals surface area (Å²) in [6.45, 7) is 8.14. The highest BCUT2D eigenvalue weighted by molar-refractivity contribution is 5.81. The summed E-state index contributed by atoms with van der Waals surface area (Å²) in [6.07, 6.45) is 0. The molecule has 0 bridgehead atoms. The molecule has 21 heavy (non-hydrogen) atoms. The van der Waals surface area contributed by atoms with E-state index in [4.69, 9.17) is 5.73 Å². The van der Waals surface area contributed by atoms with Crippen LogP contribution in [0.3, 0.4) is 0 Å². The van der Waals surface area contributed by atoms with Gasteiger partial charge in [-0.2, -0.15) is 0 Å². The molecular weight excluding hydrogens is 266 g/mol. The number of anilines is 2. The normalized spacial score (nSPS) is 16.8. The molecule has 3 N–H and O–H groups in total. The average Bonchev–Trinajstić information content (AvgIpc) is 2.48. The van der Waals surface area contributed by atoms with Gasteiger partial charge in [0.05, 0.1) is 10.9 Å². The fraction of sp³-hybridized carbons (Fsp3) is 0.467. The Hall–Kier alpha value is -2.08. The topological polar surface area (TPSA) is 78.2 Å². The zero-order chi connectivity index (χ0) is 15.0. The Morgan fingerprint density at radius 1 is 1.24 bits per heavy atom. The molecule has 1 aliphatic rings. The van der Waals surface area contributed by atoms with Gasteiger partial charge in [0, 0.05) is 37.9 Å². The maximum atomic E-state index is 12.2. The molecule has 2 heterocycles. The second-order valence-electron chi connectivity index (χ2n) is 5.78. The van der Waals surface area contributed by atoms with Crippen LogP contribution in [0.5, 0.6) is 0 Å². The van der Waals surface area contributed by atoms with E-state index in [1.54, 1.807) is 18.2 Å². The molecule has 2 aromatic rings.